The van der Waals surface area contributed by atoms with Crippen LogP contribution in [-0.2, 0) is 9.47 Å². The monoisotopic (exact) mass is 184 g/mol. The van der Waals surface area contributed by atoms with Crippen LogP contribution in [0.25, 0.3) is 0 Å². The van der Waals surface area contributed by atoms with Gasteiger partial charge in [0.1, 0.15) is 12.2 Å². The first kappa shape index (κ1) is 10.5. The molecule has 1 fully saturated rings. The zero-order valence-corrected chi connectivity index (χ0v) is 8.33. The number of hydrogen-bond donors (Lipinski definition) is 1. The Morgan fingerprint density at radius 3 is 2.69 bits per heavy atom. The van der Waals surface area contributed by atoms with Crippen LogP contribution in [-0.4, -0.2) is 29.7 Å². The molecule has 3 heteroatoms. The molecule has 0 bridgehead atoms. The third-order valence-electron chi connectivity index (χ3n) is 2.11. The SMILES string of the molecule is C=C=C(C)[C@@H](O)[C@H]1COC(C)(C)O1. The van der Waals surface area contributed by atoms with E-state index < -0.39 is 11.9 Å². The lowest BCUT2D eigenvalue weighted by molar-refractivity contribution is -0.148. The second-order valence-electron chi connectivity index (χ2n) is 3.67. The van der Waals surface area contributed by atoms with Crippen LogP contribution in [0.3, 0.4) is 0 Å². The van der Waals surface area contributed by atoms with Crippen LogP contribution in [0.4, 0.5) is 0 Å². The van der Waals surface area contributed by atoms with Gasteiger partial charge in [0.25, 0.3) is 0 Å². The minimum absolute atomic E-state index is 0.302. The minimum Gasteiger partial charge on any atom is -0.385 e. The molecule has 0 unspecified atom stereocenters. The molecule has 1 N–H and O–H groups in total. The smallest absolute Gasteiger partial charge is 0.163 e. The van der Waals surface area contributed by atoms with Crippen molar-refractivity contribution >= 4 is 0 Å². The van der Waals surface area contributed by atoms with E-state index in [4.69, 9.17) is 9.47 Å². The van der Waals surface area contributed by atoms with Gasteiger partial charge in [0.05, 0.1) is 6.61 Å². The first-order valence-electron chi connectivity index (χ1n) is 4.32. The summed E-state index contributed by atoms with van der Waals surface area (Å²) >= 11 is 0. The lowest BCUT2D eigenvalue weighted by Gasteiger charge is -2.20. The highest BCUT2D eigenvalue weighted by molar-refractivity contribution is 5.05. The molecule has 0 aliphatic carbocycles. The Kier molecular flexibility index (Phi) is 2.94. The fraction of sp³-hybridized carbons (Fsp3) is 0.700. The molecule has 0 aromatic heterocycles. The van der Waals surface area contributed by atoms with Gasteiger partial charge in [-0.15, -0.1) is 5.73 Å². The maximum atomic E-state index is 9.71. The molecule has 1 aliphatic rings. The van der Waals surface area contributed by atoms with Crippen molar-refractivity contribution < 1.29 is 14.6 Å². The molecule has 0 radical (unpaired) electrons. The van der Waals surface area contributed by atoms with Crippen LogP contribution in [0, 0.1) is 0 Å². The Bertz CT molecular complexity index is 239. The van der Waals surface area contributed by atoms with Gasteiger partial charge in [-0.25, -0.2) is 0 Å². The van der Waals surface area contributed by atoms with Crippen molar-refractivity contribution in [3.8, 4) is 0 Å². The van der Waals surface area contributed by atoms with E-state index in [1.807, 2.05) is 13.8 Å². The summed E-state index contributed by atoms with van der Waals surface area (Å²) in [6.45, 7) is 9.30. The molecule has 13 heavy (non-hydrogen) atoms. The van der Waals surface area contributed by atoms with E-state index in [2.05, 4.69) is 12.3 Å². The van der Waals surface area contributed by atoms with Gasteiger partial charge in [-0.3, -0.25) is 0 Å². The zero-order valence-electron chi connectivity index (χ0n) is 8.33. The molecule has 1 aliphatic heterocycles. The Morgan fingerprint density at radius 1 is 1.69 bits per heavy atom. The summed E-state index contributed by atoms with van der Waals surface area (Å²) in [5.74, 6) is -0.590. The predicted octanol–water partition coefficient (Wildman–Crippen LogP) is 1.23. The molecule has 0 aromatic rings. The van der Waals surface area contributed by atoms with Crippen LogP contribution in [0.15, 0.2) is 17.9 Å². The topological polar surface area (TPSA) is 38.7 Å². The maximum Gasteiger partial charge on any atom is 0.163 e. The molecular weight excluding hydrogens is 168 g/mol. The number of rotatable bonds is 2. The second kappa shape index (κ2) is 3.64. The molecule has 74 valence electrons. The summed E-state index contributed by atoms with van der Waals surface area (Å²) in [4.78, 5) is 0. The van der Waals surface area contributed by atoms with Crippen molar-refractivity contribution in [3.05, 3.63) is 17.9 Å². The average molecular weight is 184 g/mol. The Hall–Kier alpha value is -0.600. The Balaban J connectivity index is 2.61. The molecule has 0 aromatic carbocycles. The van der Waals surface area contributed by atoms with E-state index in [1.54, 1.807) is 6.92 Å². The molecule has 3 nitrogen and oxygen atoms in total. The number of aliphatic hydroxyl groups is 1. The molecule has 2 atom stereocenters. The number of hydrogen-bond acceptors (Lipinski definition) is 3. The highest BCUT2D eigenvalue weighted by Crippen LogP contribution is 2.25. The van der Waals surface area contributed by atoms with Gasteiger partial charge in [-0.1, -0.05) is 6.58 Å². The van der Waals surface area contributed by atoms with E-state index in [1.165, 1.54) is 0 Å². The largest absolute Gasteiger partial charge is 0.385 e. The standard InChI is InChI=1S/C10H16O3/c1-5-7(2)9(11)8-6-12-10(3,4)13-8/h8-9,11H,1,6H2,2-4H3/t8-,9-/m1/s1. The van der Waals surface area contributed by atoms with Crippen molar-refractivity contribution in [3.63, 3.8) is 0 Å². The Morgan fingerprint density at radius 2 is 2.31 bits per heavy atom. The van der Waals surface area contributed by atoms with Crippen molar-refractivity contribution in [1.82, 2.24) is 0 Å². The molecule has 1 rings (SSSR count). The normalized spacial score (nSPS) is 28.2. The molecule has 1 saturated heterocycles. The van der Waals surface area contributed by atoms with Crippen molar-refractivity contribution in [2.75, 3.05) is 6.61 Å². The van der Waals surface area contributed by atoms with Crippen molar-refractivity contribution in [2.45, 2.75) is 38.8 Å². The highest BCUT2D eigenvalue weighted by Gasteiger charge is 2.37. The van der Waals surface area contributed by atoms with E-state index >= 15 is 0 Å². The first-order valence-corrected chi connectivity index (χ1v) is 4.32. The quantitative estimate of drug-likeness (QED) is 0.656. The molecule has 0 saturated carbocycles. The third-order valence-corrected chi connectivity index (χ3v) is 2.11. The van der Waals surface area contributed by atoms with Crippen LogP contribution < -0.4 is 0 Å². The first-order chi connectivity index (χ1) is 5.96. The zero-order chi connectivity index (χ0) is 10.1. The lowest BCUT2D eigenvalue weighted by atomic mass is 10.1. The van der Waals surface area contributed by atoms with E-state index in [9.17, 15) is 5.11 Å². The van der Waals surface area contributed by atoms with Gasteiger partial charge in [0, 0.05) is 0 Å². The van der Waals surface area contributed by atoms with E-state index in [0.29, 0.717) is 12.2 Å². The minimum atomic E-state index is -0.667. The van der Waals surface area contributed by atoms with E-state index in [-0.39, 0.29) is 6.10 Å². The summed E-state index contributed by atoms with van der Waals surface area (Å²) in [5.41, 5.74) is 3.34. The molecular formula is C10H16O3. The summed E-state index contributed by atoms with van der Waals surface area (Å²) in [5, 5.41) is 9.71. The van der Waals surface area contributed by atoms with Gasteiger partial charge in [0.15, 0.2) is 5.79 Å². The van der Waals surface area contributed by atoms with Crippen LogP contribution >= 0.6 is 0 Å². The summed E-state index contributed by atoms with van der Waals surface area (Å²) in [7, 11) is 0. The fourth-order valence-corrected chi connectivity index (χ4v) is 1.25. The second-order valence-corrected chi connectivity index (χ2v) is 3.67. The summed E-state index contributed by atoms with van der Waals surface area (Å²) < 4.78 is 10.8. The number of ether oxygens (including phenoxy) is 2. The van der Waals surface area contributed by atoms with Gasteiger partial charge < -0.3 is 14.6 Å². The predicted molar refractivity (Wildman–Crippen MR) is 49.2 cm³/mol. The van der Waals surface area contributed by atoms with Gasteiger partial charge in [-0.05, 0) is 26.3 Å². The molecule has 0 spiro atoms. The molecule has 0 amide bonds. The van der Waals surface area contributed by atoms with Crippen LogP contribution in [0.5, 0.6) is 0 Å². The van der Waals surface area contributed by atoms with Crippen LogP contribution in [0.2, 0.25) is 0 Å². The highest BCUT2D eigenvalue weighted by atomic mass is 16.7. The Labute approximate surface area is 78.7 Å². The summed E-state index contributed by atoms with van der Waals surface area (Å²) in [6, 6.07) is 0. The fourth-order valence-electron chi connectivity index (χ4n) is 1.25. The number of aliphatic hydroxyl groups excluding tert-OH is 1. The molecule has 1 heterocycles. The van der Waals surface area contributed by atoms with Crippen molar-refractivity contribution in [1.29, 1.82) is 0 Å². The average Bonchev–Trinajstić information content (AvgIpc) is 2.43. The van der Waals surface area contributed by atoms with Gasteiger partial charge in [-0.2, -0.15) is 0 Å². The van der Waals surface area contributed by atoms with Crippen molar-refractivity contribution in [2.24, 2.45) is 0 Å². The third kappa shape index (κ3) is 2.42. The summed E-state index contributed by atoms with van der Waals surface area (Å²) in [6.07, 6.45) is -0.969. The van der Waals surface area contributed by atoms with Gasteiger partial charge in [0.2, 0.25) is 0 Å². The van der Waals surface area contributed by atoms with E-state index in [0.717, 1.165) is 0 Å². The maximum absolute atomic E-state index is 9.71. The lowest BCUT2D eigenvalue weighted by Crippen LogP contribution is -2.31. The van der Waals surface area contributed by atoms with Crippen LogP contribution in [0.1, 0.15) is 20.8 Å². The van der Waals surface area contributed by atoms with Gasteiger partial charge >= 0.3 is 0 Å².